The molecule has 1 aliphatic heterocycles. The highest BCUT2D eigenvalue weighted by Crippen LogP contribution is 2.43. The lowest BCUT2D eigenvalue weighted by Gasteiger charge is -2.29. The topological polar surface area (TPSA) is 99.5 Å². The Morgan fingerprint density at radius 2 is 2.03 bits per heavy atom. The first-order chi connectivity index (χ1) is 16.8. The molecule has 1 atom stereocenters. The van der Waals surface area contributed by atoms with Gasteiger partial charge in [0.25, 0.3) is 5.91 Å². The minimum absolute atomic E-state index is 0.0410. The van der Waals surface area contributed by atoms with Crippen molar-refractivity contribution in [2.75, 3.05) is 24.4 Å². The largest absolute Gasteiger partial charge is 0.493 e. The summed E-state index contributed by atoms with van der Waals surface area (Å²) in [6, 6.07) is 10.6. The van der Waals surface area contributed by atoms with E-state index in [0.29, 0.717) is 51.2 Å². The van der Waals surface area contributed by atoms with Gasteiger partial charge in [-0.3, -0.25) is 4.79 Å². The average Bonchev–Trinajstić information content (AvgIpc) is 3.28. The van der Waals surface area contributed by atoms with Crippen molar-refractivity contribution in [3.05, 3.63) is 64.0 Å². The zero-order valence-corrected chi connectivity index (χ0v) is 21.8. The summed E-state index contributed by atoms with van der Waals surface area (Å²) in [5.74, 6) is 1.99. The molecule has 0 spiro atoms. The van der Waals surface area contributed by atoms with Crippen LogP contribution in [0.25, 0.3) is 0 Å². The number of halogens is 1. The molecule has 3 aromatic rings. The number of nitrogens with zero attached hydrogens (tertiary/aromatic N) is 3. The van der Waals surface area contributed by atoms with Gasteiger partial charge in [0.05, 0.1) is 35.6 Å². The van der Waals surface area contributed by atoms with E-state index in [1.807, 2.05) is 64.1 Å². The molecule has 0 radical (unpaired) electrons. The molecular formula is C25H28BrN5O4. The highest BCUT2D eigenvalue weighted by molar-refractivity contribution is 9.10. The third kappa shape index (κ3) is 4.97. The lowest BCUT2D eigenvalue weighted by molar-refractivity contribution is -0.113. The molecule has 0 aliphatic carbocycles. The van der Waals surface area contributed by atoms with Gasteiger partial charge in [0.1, 0.15) is 18.1 Å². The minimum Gasteiger partial charge on any atom is -0.493 e. The Morgan fingerprint density at radius 3 is 2.74 bits per heavy atom. The van der Waals surface area contributed by atoms with Crippen molar-refractivity contribution in [2.45, 2.75) is 39.8 Å². The molecule has 0 bridgehead atoms. The molecule has 0 saturated heterocycles. The van der Waals surface area contributed by atoms with Crippen molar-refractivity contribution in [2.24, 2.45) is 0 Å². The van der Waals surface area contributed by atoms with Gasteiger partial charge in [-0.05, 0) is 73.5 Å². The Labute approximate surface area is 212 Å². The normalized spacial score (nSPS) is 14.9. The second-order valence-corrected chi connectivity index (χ2v) is 9.03. The molecule has 2 heterocycles. The Balaban J connectivity index is 1.79. The van der Waals surface area contributed by atoms with Gasteiger partial charge in [-0.25, -0.2) is 4.68 Å². The van der Waals surface area contributed by atoms with Crippen LogP contribution in [0.1, 0.15) is 39.3 Å². The first kappa shape index (κ1) is 24.6. The van der Waals surface area contributed by atoms with Crippen molar-refractivity contribution in [3.63, 3.8) is 0 Å². The van der Waals surface area contributed by atoms with E-state index in [2.05, 4.69) is 36.6 Å². The molecule has 1 unspecified atom stereocenters. The van der Waals surface area contributed by atoms with Crippen LogP contribution in [0.3, 0.4) is 0 Å². The zero-order chi connectivity index (χ0) is 25.1. The number of rotatable bonds is 8. The van der Waals surface area contributed by atoms with Gasteiger partial charge in [-0.1, -0.05) is 12.1 Å². The highest BCUT2D eigenvalue weighted by Gasteiger charge is 2.35. The van der Waals surface area contributed by atoms with E-state index in [1.54, 1.807) is 11.8 Å². The summed E-state index contributed by atoms with van der Waals surface area (Å²) in [4.78, 5) is 18.0. The molecule has 9 nitrogen and oxygen atoms in total. The number of carbonyl (C=O) groups excluding carboxylic acids is 1. The van der Waals surface area contributed by atoms with Crippen molar-refractivity contribution in [3.8, 4) is 17.2 Å². The molecule has 4 rings (SSSR count). The number of allylic oxidation sites excluding steroid dienone is 1. The van der Waals surface area contributed by atoms with Crippen LogP contribution >= 0.6 is 15.9 Å². The summed E-state index contributed by atoms with van der Waals surface area (Å²) < 4.78 is 19.7. The number of hydrogen-bond donors (Lipinski definition) is 2. The first-order valence-electron chi connectivity index (χ1n) is 11.3. The van der Waals surface area contributed by atoms with E-state index in [4.69, 9.17) is 14.2 Å². The highest BCUT2D eigenvalue weighted by atomic mass is 79.9. The van der Waals surface area contributed by atoms with Crippen LogP contribution in [-0.4, -0.2) is 40.5 Å². The average molecular weight is 542 g/mol. The van der Waals surface area contributed by atoms with Crippen LogP contribution in [0.15, 0.2) is 58.5 Å². The molecule has 2 aromatic carbocycles. The van der Waals surface area contributed by atoms with Gasteiger partial charge in [0.15, 0.2) is 11.5 Å². The molecule has 184 valence electrons. The Bertz CT molecular complexity index is 1270. The molecule has 0 saturated carbocycles. The van der Waals surface area contributed by atoms with Crippen LogP contribution in [0.2, 0.25) is 0 Å². The lowest BCUT2D eigenvalue weighted by Crippen LogP contribution is -2.31. The fourth-order valence-electron chi connectivity index (χ4n) is 3.98. The summed E-state index contributed by atoms with van der Waals surface area (Å²) in [7, 11) is 1.58. The fraction of sp³-hybridized carbons (Fsp3) is 0.320. The van der Waals surface area contributed by atoms with Crippen molar-refractivity contribution >= 4 is 33.5 Å². The maximum atomic E-state index is 13.7. The van der Waals surface area contributed by atoms with Crippen molar-refractivity contribution < 1.29 is 19.0 Å². The SMILES string of the molecule is CCOc1ccccc1NC(=O)C1=C(C)Nc2ncnn2C1c1cc(Br)c(OC(C)C)c(OC)c1. The number of hydrogen-bond acceptors (Lipinski definition) is 7. The van der Waals surface area contributed by atoms with Crippen LogP contribution < -0.4 is 24.8 Å². The predicted molar refractivity (Wildman–Crippen MR) is 137 cm³/mol. The summed E-state index contributed by atoms with van der Waals surface area (Å²) in [6.07, 6.45) is 1.41. The molecule has 10 heteroatoms. The Hall–Kier alpha value is -3.53. The minimum atomic E-state index is -0.564. The van der Waals surface area contributed by atoms with Gasteiger partial charge in [0.2, 0.25) is 5.95 Å². The monoisotopic (exact) mass is 541 g/mol. The van der Waals surface area contributed by atoms with Crippen molar-refractivity contribution in [1.82, 2.24) is 14.8 Å². The zero-order valence-electron chi connectivity index (χ0n) is 20.3. The number of anilines is 2. The van der Waals surface area contributed by atoms with E-state index >= 15 is 0 Å². The number of amides is 1. The number of para-hydroxylation sites is 2. The van der Waals surface area contributed by atoms with E-state index in [0.717, 1.165) is 5.56 Å². The van der Waals surface area contributed by atoms with E-state index < -0.39 is 6.04 Å². The number of nitrogens with one attached hydrogen (secondary N) is 2. The molecular weight excluding hydrogens is 514 g/mol. The molecule has 0 fully saturated rings. The van der Waals surface area contributed by atoms with Gasteiger partial charge in [0, 0.05) is 5.70 Å². The number of ether oxygens (including phenoxy) is 3. The molecule has 1 aromatic heterocycles. The van der Waals surface area contributed by atoms with Gasteiger partial charge < -0.3 is 24.8 Å². The van der Waals surface area contributed by atoms with Gasteiger partial charge in [-0.15, -0.1) is 0 Å². The maximum Gasteiger partial charge on any atom is 0.255 e. The number of methoxy groups -OCH3 is 1. The summed E-state index contributed by atoms with van der Waals surface area (Å²) in [6.45, 7) is 8.12. The third-order valence-electron chi connectivity index (χ3n) is 5.40. The van der Waals surface area contributed by atoms with Crippen molar-refractivity contribution in [1.29, 1.82) is 0 Å². The van der Waals surface area contributed by atoms with Crippen LogP contribution in [-0.2, 0) is 4.79 Å². The second-order valence-electron chi connectivity index (χ2n) is 8.18. The number of fused-ring (bicyclic) bond motifs is 1. The number of carbonyl (C=O) groups is 1. The molecule has 2 N–H and O–H groups in total. The number of benzene rings is 2. The number of aromatic nitrogens is 3. The first-order valence-corrected chi connectivity index (χ1v) is 12.1. The molecule has 1 aliphatic rings. The summed E-state index contributed by atoms with van der Waals surface area (Å²) in [5.41, 5.74) is 2.52. The van der Waals surface area contributed by atoms with E-state index in [9.17, 15) is 4.79 Å². The van der Waals surface area contributed by atoms with E-state index in [1.165, 1.54) is 6.33 Å². The Kier molecular flexibility index (Phi) is 7.30. The van der Waals surface area contributed by atoms with Crippen LogP contribution in [0, 0.1) is 0 Å². The third-order valence-corrected chi connectivity index (χ3v) is 5.98. The lowest BCUT2D eigenvalue weighted by atomic mass is 9.94. The summed E-state index contributed by atoms with van der Waals surface area (Å²) >= 11 is 3.62. The van der Waals surface area contributed by atoms with Crippen LogP contribution in [0.5, 0.6) is 17.2 Å². The second kappa shape index (κ2) is 10.4. The van der Waals surface area contributed by atoms with Gasteiger partial charge in [-0.2, -0.15) is 10.1 Å². The molecule has 1 amide bonds. The molecule has 35 heavy (non-hydrogen) atoms. The predicted octanol–water partition coefficient (Wildman–Crippen LogP) is 5.16. The fourth-order valence-corrected chi connectivity index (χ4v) is 4.54. The van der Waals surface area contributed by atoms with E-state index in [-0.39, 0.29) is 12.0 Å². The standard InChI is InChI=1S/C25H28BrN5O4/c1-6-34-19-10-8-7-9-18(19)30-24(32)21-15(4)29-25-27-13-28-31(25)22(21)16-11-17(26)23(35-14(2)3)20(12-16)33-5/h7-14,22H,6H2,1-5H3,(H,30,32)(H,27,28,29). The smallest absolute Gasteiger partial charge is 0.255 e. The van der Waals surface area contributed by atoms with Gasteiger partial charge >= 0.3 is 0 Å². The Morgan fingerprint density at radius 1 is 1.26 bits per heavy atom. The maximum absolute atomic E-state index is 13.7. The van der Waals surface area contributed by atoms with Crippen LogP contribution in [0.4, 0.5) is 11.6 Å². The summed E-state index contributed by atoms with van der Waals surface area (Å²) in [5, 5.41) is 10.6. The quantitative estimate of drug-likeness (QED) is 0.406.